The van der Waals surface area contributed by atoms with Crippen LogP contribution in [0.15, 0.2) is 36.7 Å². The highest BCUT2D eigenvalue weighted by molar-refractivity contribution is 7.91. The Morgan fingerprint density at radius 3 is 2.58 bits per heavy atom. The smallest absolute Gasteiger partial charge is 0.237 e. The number of benzene rings is 1. The average Bonchev–Trinajstić information content (AvgIpc) is 2.78. The number of hydrogen-bond donors (Lipinski definition) is 2. The fraction of sp³-hybridized carbons (Fsp3) is 0.250. The minimum absolute atomic E-state index is 0.0927. The van der Waals surface area contributed by atoms with Crippen LogP contribution in [0, 0.1) is 0 Å². The summed E-state index contributed by atoms with van der Waals surface area (Å²) in [4.78, 5) is 0. The van der Waals surface area contributed by atoms with Gasteiger partial charge in [0.1, 0.15) is 0 Å². The monoisotopic (exact) mass is 280 g/mol. The Labute approximate surface area is 112 Å². The lowest BCUT2D eigenvalue weighted by molar-refractivity contribution is 0.600. The number of sulfonamides is 1. The second-order valence-corrected chi connectivity index (χ2v) is 5.91. The summed E-state index contributed by atoms with van der Waals surface area (Å²) < 4.78 is 28.1. The maximum Gasteiger partial charge on any atom is 0.237 e. The van der Waals surface area contributed by atoms with Crippen molar-refractivity contribution < 1.29 is 8.42 Å². The van der Waals surface area contributed by atoms with E-state index in [1.807, 2.05) is 6.92 Å². The van der Waals surface area contributed by atoms with Gasteiger partial charge in [-0.25, -0.2) is 8.42 Å². The molecule has 19 heavy (non-hydrogen) atoms. The van der Waals surface area contributed by atoms with Gasteiger partial charge in [-0.05, 0) is 24.6 Å². The fourth-order valence-corrected chi connectivity index (χ4v) is 2.81. The molecule has 0 atom stereocenters. The van der Waals surface area contributed by atoms with E-state index in [2.05, 4.69) is 9.82 Å². The van der Waals surface area contributed by atoms with Gasteiger partial charge in [0.25, 0.3) is 0 Å². The van der Waals surface area contributed by atoms with E-state index in [0.717, 1.165) is 0 Å². The van der Waals surface area contributed by atoms with E-state index in [4.69, 9.17) is 5.73 Å². The quantitative estimate of drug-likeness (QED) is 0.811. The van der Waals surface area contributed by atoms with Crippen molar-refractivity contribution in [1.29, 1.82) is 0 Å². The summed E-state index contributed by atoms with van der Waals surface area (Å²) in [6, 6.07) is 6.76. The van der Waals surface area contributed by atoms with E-state index in [1.54, 1.807) is 35.1 Å². The lowest BCUT2D eigenvalue weighted by atomic mass is 10.2. The van der Waals surface area contributed by atoms with Crippen molar-refractivity contribution in [2.45, 2.75) is 19.2 Å². The van der Waals surface area contributed by atoms with E-state index in [0.29, 0.717) is 23.5 Å². The van der Waals surface area contributed by atoms with Crippen molar-refractivity contribution >= 4 is 21.4 Å². The highest BCUT2D eigenvalue weighted by Crippen LogP contribution is 2.13. The maximum atomic E-state index is 12.0. The molecule has 2 aromatic rings. The first-order chi connectivity index (χ1) is 8.98. The van der Waals surface area contributed by atoms with Gasteiger partial charge in [-0.2, -0.15) is 5.10 Å². The number of nitrogens with two attached hydrogens (primary N) is 1. The molecule has 2 rings (SSSR count). The summed E-state index contributed by atoms with van der Waals surface area (Å²) in [6.45, 7) is 2.62. The molecule has 0 unspecified atom stereocenters. The largest absolute Gasteiger partial charge is 0.399 e. The minimum atomic E-state index is -3.44. The molecule has 0 amide bonds. The molecule has 102 valence electrons. The number of nitrogens with one attached hydrogen (secondary N) is 1. The Bertz CT molecular complexity index is 647. The zero-order chi connectivity index (χ0) is 13.9. The molecule has 0 bridgehead atoms. The topological polar surface area (TPSA) is 90.0 Å². The molecule has 1 aromatic carbocycles. The van der Waals surface area contributed by atoms with Crippen LogP contribution in [0.1, 0.15) is 12.5 Å². The van der Waals surface area contributed by atoms with Crippen molar-refractivity contribution in [3.05, 3.63) is 42.2 Å². The first kappa shape index (κ1) is 13.4. The van der Waals surface area contributed by atoms with Gasteiger partial charge in [-0.3, -0.25) is 9.40 Å². The third kappa shape index (κ3) is 3.72. The molecular formula is C12H16N4O2S. The molecule has 6 nitrogen and oxygen atoms in total. The molecule has 0 radical (unpaired) electrons. The molecule has 0 aliphatic carbocycles. The molecule has 3 N–H and O–H groups in total. The normalized spacial score (nSPS) is 11.4. The van der Waals surface area contributed by atoms with Crippen molar-refractivity contribution in [2.75, 3.05) is 10.5 Å². The van der Waals surface area contributed by atoms with Gasteiger partial charge in [0.05, 0.1) is 17.6 Å². The molecule has 7 heteroatoms. The summed E-state index contributed by atoms with van der Waals surface area (Å²) in [7, 11) is -3.44. The van der Waals surface area contributed by atoms with Gasteiger partial charge >= 0.3 is 0 Å². The van der Waals surface area contributed by atoms with Gasteiger partial charge in [0.2, 0.25) is 10.0 Å². The van der Waals surface area contributed by atoms with E-state index < -0.39 is 10.0 Å². The minimum Gasteiger partial charge on any atom is -0.399 e. The summed E-state index contributed by atoms with van der Waals surface area (Å²) in [5, 5.41) is 4.01. The Morgan fingerprint density at radius 2 is 2.00 bits per heavy atom. The second kappa shape index (κ2) is 5.31. The Hall–Kier alpha value is -2.02. The Balaban J connectivity index is 2.08. The van der Waals surface area contributed by atoms with Crippen LogP contribution in [0.4, 0.5) is 11.4 Å². The standard InChI is InChI=1S/C12H16N4O2S/c1-2-16-8-12(7-14-16)15-19(17,18)9-10-3-5-11(13)6-4-10/h3-8,15H,2,9,13H2,1H3. The lowest BCUT2D eigenvalue weighted by Gasteiger charge is -2.06. The first-order valence-corrected chi connectivity index (χ1v) is 7.51. The van der Waals surface area contributed by atoms with Crippen LogP contribution < -0.4 is 10.5 Å². The SMILES string of the molecule is CCn1cc(NS(=O)(=O)Cc2ccc(N)cc2)cn1. The van der Waals surface area contributed by atoms with Gasteiger partial charge in [-0.15, -0.1) is 0 Å². The summed E-state index contributed by atoms with van der Waals surface area (Å²) in [6.07, 6.45) is 3.14. The number of anilines is 2. The van der Waals surface area contributed by atoms with Crippen molar-refractivity contribution in [3.8, 4) is 0 Å². The summed E-state index contributed by atoms with van der Waals surface area (Å²) >= 11 is 0. The number of nitrogens with zero attached hydrogens (tertiary/aromatic N) is 2. The summed E-state index contributed by atoms with van der Waals surface area (Å²) in [5.74, 6) is -0.0927. The molecule has 1 heterocycles. The zero-order valence-electron chi connectivity index (χ0n) is 10.6. The van der Waals surface area contributed by atoms with Gasteiger partial charge in [0.15, 0.2) is 0 Å². The maximum absolute atomic E-state index is 12.0. The van der Waals surface area contributed by atoms with E-state index in [-0.39, 0.29) is 5.75 Å². The number of aromatic nitrogens is 2. The third-order valence-electron chi connectivity index (χ3n) is 2.57. The van der Waals surface area contributed by atoms with E-state index >= 15 is 0 Å². The summed E-state index contributed by atoms with van der Waals surface area (Å²) in [5.41, 5.74) is 7.32. The molecule has 0 fully saturated rings. The average molecular weight is 280 g/mol. The van der Waals surface area contributed by atoms with Crippen LogP contribution in [0.25, 0.3) is 0 Å². The van der Waals surface area contributed by atoms with E-state index in [1.165, 1.54) is 6.20 Å². The molecule has 0 aliphatic rings. The highest BCUT2D eigenvalue weighted by Gasteiger charge is 2.12. The van der Waals surface area contributed by atoms with Crippen molar-refractivity contribution in [2.24, 2.45) is 0 Å². The van der Waals surface area contributed by atoms with Crippen molar-refractivity contribution in [1.82, 2.24) is 9.78 Å². The molecule has 0 aliphatic heterocycles. The van der Waals surface area contributed by atoms with Crippen molar-refractivity contribution in [3.63, 3.8) is 0 Å². The van der Waals surface area contributed by atoms with Gasteiger partial charge in [-0.1, -0.05) is 12.1 Å². The zero-order valence-corrected chi connectivity index (χ0v) is 11.4. The number of hydrogen-bond acceptors (Lipinski definition) is 4. The molecule has 0 spiro atoms. The van der Waals surface area contributed by atoms with Crippen LogP contribution >= 0.6 is 0 Å². The first-order valence-electron chi connectivity index (χ1n) is 5.86. The Morgan fingerprint density at radius 1 is 1.32 bits per heavy atom. The molecule has 0 saturated heterocycles. The predicted molar refractivity (Wildman–Crippen MR) is 75.0 cm³/mol. The molecular weight excluding hydrogens is 264 g/mol. The van der Waals surface area contributed by atoms with Gasteiger partial charge < -0.3 is 5.73 Å². The van der Waals surface area contributed by atoms with Crippen LogP contribution in [0.2, 0.25) is 0 Å². The number of rotatable bonds is 5. The van der Waals surface area contributed by atoms with Crippen LogP contribution in [-0.4, -0.2) is 18.2 Å². The predicted octanol–water partition coefficient (Wildman–Crippen LogP) is 1.43. The fourth-order valence-electron chi connectivity index (χ4n) is 1.64. The van der Waals surface area contributed by atoms with E-state index in [9.17, 15) is 8.42 Å². The number of nitrogen functional groups attached to an aromatic ring is 1. The van der Waals surface area contributed by atoms with Gasteiger partial charge in [0, 0.05) is 18.4 Å². The Kier molecular flexibility index (Phi) is 3.75. The van der Waals surface area contributed by atoms with Crippen LogP contribution in [-0.2, 0) is 22.3 Å². The highest BCUT2D eigenvalue weighted by atomic mass is 32.2. The van der Waals surface area contributed by atoms with Crippen LogP contribution in [0.3, 0.4) is 0 Å². The number of aryl methyl sites for hydroxylation is 1. The van der Waals surface area contributed by atoms with Crippen LogP contribution in [0.5, 0.6) is 0 Å². The lowest BCUT2D eigenvalue weighted by Crippen LogP contribution is -2.14. The second-order valence-electron chi connectivity index (χ2n) is 4.19. The molecule has 0 saturated carbocycles. The molecule has 1 aromatic heterocycles. The third-order valence-corrected chi connectivity index (χ3v) is 3.83.